The molecule has 2 rings (SSSR count). The van der Waals surface area contributed by atoms with Crippen LogP contribution in [0.2, 0.25) is 5.02 Å². The molecular formula is C15H3B10ClN2O4. The van der Waals surface area contributed by atoms with Crippen molar-refractivity contribution in [3.8, 4) is 16.9 Å². The zero-order valence-electron chi connectivity index (χ0n) is 16.3. The molecule has 0 spiro atoms. The maximum atomic E-state index is 12.4. The van der Waals surface area contributed by atoms with Crippen molar-refractivity contribution >= 4 is 129 Å². The Bertz CT molecular complexity index is 1150. The molecule has 20 radical (unpaired) electrons. The number of carboxylic acids is 1. The molecule has 0 fully saturated rings. The fraction of sp³-hybridized carbons (Fsp3) is 0.133. The highest BCUT2D eigenvalue weighted by Gasteiger charge is 2.32. The minimum Gasteiger partial charge on any atom is -0.506 e. The Labute approximate surface area is 202 Å². The normalized spacial score (nSPS) is 11.8. The van der Waals surface area contributed by atoms with Gasteiger partial charge in [0.05, 0.1) is 28.9 Å². The number of hydrogen-bond acceptors (Lipinski definition) is 4. The zero-order valence-corrected chi connectivity index (χ0v) is 17.1. The third-order valence-electron chi connectivity index (χ3n) is 4.36. The minimum absolute atomic E-state index is 0.185. The van der Waals surface area contributed by atoms with Gasteiger partial charge in [0.25, 0.3) is 5.91 Å². The molecule has 0 saturated carbocycles. The Hall–Kier alpha value is -1.95. The van der Waals surface area contributed by atoms with E-state index in [1.54, 1.807) is 5.32 Å². The molecule has 134 valence electrons. The lowest BCUT2D eigenvalue weighted by atomic mass is 9.37. The van der Waals surface area contributed by atoms with Gasteiger partial charge < -0.3 is 15.5 Å². The van der Waals surface area contributed by atoms with Gasteiger partial charge in [-0.1, -0.05) is 28.1 Å². The van der Waals surface area contributed by atoms with Crippen LogP contribution in [0.25, 0.3) is 11.1 Å². The van der Waals surface area contributed by atoms with E-state index in [1.807, 2.05) is 0 Å². The number of nitrogens with one attached hydrogen (secondary N) is 1. The molecule has 0 aliphatic rings. The number of aromatic hydroxyl groups is 1. The second-order valence-corrected chi connectivity index (χ2v) is 7.23. The zero-order chi connectivity index (χ0) is 24.9. The second-order valence-electron chi connectivity index (χ2n) is 6.85. The van der Waals surface area contributed by atoms with Crippen molar-refractivity contribution < 1.29 is 19.8 Å². The fourth-order valence-corrected chi connectivity index (χ4v) is 3.02. The van der Waals surface area contributed by atoms with Gasteiger partial charge in [0, 0.05) is 5.02 Å². The molecule has 17 heteroatoms. The molecular weight excluding hydrogens is 416 g/mol. The summed E-state index contributed by atoms with van der Waals surface area (Å²) in [5.41, 5.74) is -3.27. The standard InChI is InChI=1S/C15H3B10ClN2O4/c16-4-1(3(14(21,22)23)6(18)7(19)8(4)26)2-5(17)10(29)9(27-11(2)20)12(30)28-15(24,25)13(31)32/h29H,(H,28,30)(H,31,32). The van der Waals surface area contributed by atoms with Gasteiger partial charge in [0.15, 0.2) is 5.69 Å². The van der Waals surface area contributed by atoms with Gasteiger partial charge in [-0.3, -0.25) is 14.6 Å². The lowest BCUT2D eigenvalue weighted by Crippen LogP contribution is -2.56. The van der Waals surface area contributed by atoms with Crippen LogP contribution in [-0.2, 0) is 9.91 Å². The molecule has 0 aliphatic heterocycles. The molecule has 1 amide bonds. The molecule has 0 unspecified atom stereocenters. The van der Waals surface area contributed by atoms with E-state index in [2.05, 4.69) is 4.98 Å². The van der Waals surface area contributed by atoms with Crippen LogP contribution < -0.4 is 32.8 Å². The van der Waals surface area contributed by atoms with Crippen molar-refractivity contribution in [2.24, 2.45) is 0 Å². The van der Waals surface area contributed by atoms with Crippen molar-refractivity contribution in [2.75, 3.05) is 0 Å². The maximum absolute atomic E-state index is 12.4. The van der Waals surface area contributed by atoms with Crippen molar-refractivity contribution in [3.63, 3.8) is 0 Å². The molecule has 0 atom stereocenters. The summed E-state index contributed by atoms with van der Waals surface area (Å²) < 4.78 is 0. The summed E-state index contributed by atoms with van der Waals surface area (Å²) in [6.45, 7) is 0. The highest BCUT2D eigenvalue weighted by atomic mass is 35.5. The van der Waals surface area contributed by atoms with Gasteiger partial charge >= 0.3 is 5.97 Å². The summed E-state index contributed by atoms with van der Waals surface area (Å²) in [7, 11) is 57.7. The summed E-state index contributed by atoms with van der Waals surface area (Å²) in [5, 5.41) is 16.1. The summed E-state index contributed by atoms with van der Waals surface area (Å²) in [4.78, 5) is 27.1. The van der Waals surface area contributed by atoms with E-state index < -0.39 is 44.8 Å². The molecule has 1 aromatic heterocycles. The summed E-state index contributed by atoms with van der Waals surface area (Å²) in [5.74, 6) is -4.03. The highest BCUT2D eigenvalue weighted by molar-refractivity contribution is 6.65. The number of halogens is 1. The van der Waals surface area contributed by atoms with Gasteiger partial charge in [-0.25, -0.2) is 0 Å². The first kappa shape index (κ1) is 26.3. The molecule has 0 aliphatic carbocycles. The lowest BCUT2D eigenvalue weighted by molar-refractivity contribution is -0.138. The quantitative estimate of drug-likeness (QED) is 0.419. The molecule has 0 saturated heterocycles. The number of rotatable bonds is 5. The van der Waals surface area contributed by atoms with Crippen molar-refractivity contribution in [1.29, 1.82) is 0 Å². The Kier molecular flexibility index (Phi) is 7.21. The lowest BCUT2D eigenvalue weighted by Gasteiger charge is -2.33. The second kappa shape index (κ2) is 8.77. The van der Waals surface area contributed by atoms with Gasteiger partial charge in [-0.2, -0.15) is 0 Å². The first-order valence-electron chi connectivity index (χ1n) is 8.38. The number of nitrogens with zero attached hydrogens (tertiary/aromatic N) is 1. The smallest absolute Gasteiger partial charge is 0.310 e. The summed E-state index contributed by atoms with van der Waals surface area (Å²) in [6, 6.07) is 0. The average molecular weight is 419 g/mol. The number of hydrogen-bond donors (Lipinski definition) is 3. The van der Waals surface area contributed by atoms with Crippen LogP contribution in [0.15, 0.2) is 0 Å². The number of benzene rings is 1. The number of aromatic nitrogens is 1. The third-order valence-corrected chi connectivity index (χ3v) is 4.77. The average Bonchev–Trinajstić information content (AvgIpc) is 2.65. The van der Waals surface area contributed by atoms with Gasteiger partial charge in [0.1, 0.15) is 60.7 Å². The predicted molar refractivity (Wildman–Crippen MR) is 132 cm³/mol. The number of carbonyl (C=O) groups is 2. The monoisotopic (exact) mass is 420 g/mol. The Morgan fingerprint density at radius 2 is 1.41 bits per heavy atom. The Balaban J connectivity index is 2.86. The molecule has 0 bridgehead atoms. The summed E-state index contributed by atoms with van der Waals surface area (Å²) >= 11 is 6.12. The van der Waals surface area contributed by atoms with Crippen LogP contribution in [0.4, 0.5) is 0 Å². The molecule has 1 aromatic carbocycles. The van der Waals surface area contributed by atoms with E-state index in [0.717, 1.165) is 0 Å². The van der Waals surface area contributed by atoms with Crippen LogP contribution in [0.3, 0.4) is 0 Å². The highest BCUT2D eigenvalue weighted by Crippen LogP contribution is 2.27. The van der Waals surface area contributed by atoms with E-state index >= 15 is 0 Å². The van der Waals surface area contributed by atoms with E-state index in [0.29, 0.717) is 0 Å². The number of pyridine rings is 1. The predicted octanol–water partition coefficient (Wildman–Crippen LogP) is -6.50. The van der Waals surface area contributed by atoms with Gasteiger partial charge in [0.2, 0.25) is 0 Å². The van der Waals surface area contributed by atoms with Crippen molar-refractivity contribution in [1.82, 2.24) is 10.3 Å². The molecule has 1 heterocycles. The summed E-state index contributed by atoms with van der Waals surface area (Å²) in [6.07, 6.45) is 0. The molecule has 2 aromatic rings. The number of carbonyl (C=O) groups excluding carboxylic acids is 1. The van der Waals surface area contributed by atoms with Crippen LogP contribution in [0, 0.1) is 0 Å². The first-order valence-corrected chi connectivity index (χ1v) is 8.76. The fourth-order valence-electron chi connectivity index (χ4n) is 2.82. The Morgan fingerprint density at radius 1 is 0.875 bits per heavy atom. The van der Waals surface area contributed by atoms with E-state index in [-0.39, 0.29) is 38.1 Å². The third kappa shape index (κ3) is 4.57. The van der Waals surface area contributed by atoms with E-state index in [1.165, 1.54) is 0 Å². The van der Waals surface area contributed by atoms with Crippen molar-refractivity contribution in [3.05, 3.63) is 16.3 Å². The van der Waals surface area contributed by atoms with Crippen LogP contribution in [-0.4, -0.2) is 111 Å². The van der Waals surface area contributed by atoms with Crippen molar-refractivity contribution in [2.45, 2.75) is 10.5 Å². The topological polar surface area (TPSA) is 99.5 Å². The molecule has 6 nitrogen and oxygen atoms in total. The van der Waals surface area contributed by atoms with Gasteiger partial charge in [-0.05, 0) is 22.2 Å². The van der Waals surface area contributed by atoms with Crippen LogP contribution in [0.5, 0.6) is 5.75 Å². The van der Waals surface area contributed by atoms with Crippen LogP contribution >= 0.6 is 11.6 Å². The largest absolute Gasteiger partial charge is 0.506 e. The number of amides is 1. The SMILES string of the molecule is [B]c1nc(C(=O)NC([B])([B])C(=O)O)c(O)c([B])c1-c1c([B])c(Cl)c([B])c([B])c1C([B])([B])[B]. The van der Waals surface area contributed by atoms with E-state index in [9.17, 15) is 14.7 Å². The first-order chi connectivity index (χ1) is 14.4. The van der Waals surface area contributed by atoms with E-state index in [4.69, 9.17) is 95.2 Å². The maximum Gasteiger partial charge on any atom is 0.310 e. The number of aliphatic carboxylic acids is 1. The molecule has 3 N–H and O–H groups in total. The Morgan fingerprint density at radius 3 is 1.88 bits per heavy atom. The van der Waals surface area contributed by atoms with Crippen LogP contribution in [0.1, 0.15) is 16.1 Å². The number of carboxylic acid groups (broad SMARTS) is 1. The minimum atomic E-state index is -2.69. The van der Waals surface area contributed by atoms with Gasteiger partial charge in [-0.15, -0.1) is 10.6 Å². The molecule has 32 heavy (non-hydrogen) atoms.